The maximum absolute atomic E-state index is 13.6. The highest BCUT2D eigenvalue weighted by Gasteiger charge is 2.52. The van der Waals surface area contributed by atoms with Crippen LogP contribution < -0.4 is 52.0 Å². The minimum atomic E-state index is -6.61. The normalized spacial score (nSPS) is 30.7. The van der Waals surface area contributed by atoms with Crippen LogP contribution in [0.1, 0.15) is 22.8 Å². The van der Waals surface area contributed by atoms with Crippen LogP contribution in [0.5, 0.6) is 0 Å². The van der Waals surface area contributed by atoms with E-state index in [0.29, 0.717) is 0 Å². The molecule has 0 spiro atoms. The molecule has 0 amide bonds. The minimum Gasteiger partial charge on any atom is -0.756 e. The zero-order valence-electron chi connectivity index (χ0n) is 42.2. The number of imidazole rings is 3. The summed E-state index contributed by atoms with van der Waals surface area (Å²) in [6.45, 7) is -6.50. The lowest BCUT2D eigenvalue weighted by molar-refractivity contribution is -0.745. The highest BCUT2D eigenvalue weighted by atomic mass is 31.3. The quantitative estimate of drug-likeness (QED) is 0.0246. The molecule has 6 aromatic heterocycles. The molecule has 3 saturated heterocycles. The lowest BCUT2D eigenvalue weighted by Crippen LogP contribution is -2.46. The largest absolute Gasteiger partial charge is 0.756 e. The summed E-state index contributed by atoms with van der Waals surface area (Å²) in [5, 5.41) is 35.0. The molecule has 39 nitrogen and oxygen atoms in total. The second kappa shape index (κ2) is 21.5. The van der Waals surface area contributed by atoms with E-state index in [4.69, 9.17) is 52.8 Å². The maximum atomic E-state index is 13.6. The number of aliphatic hydroxyl groups excluding tert-OH is 3. The van der Waals surface area contributed by atoms with Gasteiger partial charge in [-0.1, -0.05) is 4.98 Å². The van der Waals surface area contributed by atoms with Crippen molar-refractivity contribution in [1.82, 2.24) is 53.6 Å². The summed E-state index contributed by atoms with van der Waals surface area (Å²) in [7, 11) is -21.4. The van der Waals surface area contributed by atoms with Gasteiger partial charge >= 0.3 is 5.65 Å². The van der Waals surface area contributed by atoms with Crippen molar-refractivity contribution in [2.75, 3.05) is 57.8 Å². The molecule has 16 atom stereocenters. The first-order valence-electron chi connectivity index (χ1n) is 23.2. The summed E-state index contributed by atoms with van der Waals surface area (Å²) in [5.74, 6) is -0.970. The second-order valence-corrected chi connectivity index (χ2v) is 22.6. The molecule has 43 heteroatoms. The highest BCUT2D eigenvalue weighted by Crippen LogP contribution is 2.63. The van der Waals surface area contributed by atoms with Crippen molar-refractivity contribution in [2.45, 2.75) is 73.6 Å². The van der Waals surface area contributed by atoms with Gasteiger partial charge in [0.05, 0.1) is 39.5 Å². The number of H-pyrrole nitrogens is 2. The molecule has 3 fully saturated rings. The minimum absolute atomic E-state index is 0.0153. The van der Waals surface area contributed by atoms with Crippen LogP contribution in [0.2, 0.25) is 0 Å². The Bertz CT molecular complexity index is 3630. The number of nitrogens with two attached hydrogens (primary N) is 2. The number of hydrogen-bond donors (Lipinski definition) is 8. The molecule has 10 N–H and O–H groups in total. The van der Waals surface area contributed by atoms with Crippen LogP contribution in [0, 0.1) is 0 Å². The molecule has 7 unspecified atom stereocenters. The second-order valence-electron chi connectivity index (χ2n) is 16.7. The lowest BCUT2D eigenvalue weighted by Gasteiger charge is -2.35. The first-order valence-corrected chi connectivity index (χ1v) is 27.5. The third-order valence-electron chi connectivity index (χ3n) is 11.9. The number of nitrogen functional groups attached to an aromatic ring is 2. The van der Waals surface area contributed by atoms with Crippen molar-refractivity contribution in [3.05, 3.63) is 46.0 Å². The van der Waals surface area contributed by atoms with Gasteiger partial charge in [0.2, 0.25) is 17.7 Å². The van der Waals surface area contributed by atoms with Gasteiger partial charge in [0.1, 0.15) is 66.8 Å². The average Bonchev–Trinajstić information content (AvgIpc) is 4.39. The fourth-order valence-corrected chi connectivity index (χ4v) is 12.9. The fourth-order valence-electron chi connectivity index (χ4n) is 8.61. The van der Waals surface area contributed by atoms with Crippen molar-refractivity contribution < 1.29 is 112 Å². The molecule has 0 aliphatic carbocycles. The van der Waals surface area contributed by atoms with Gasteiger partial charge in [-0.3, -0.25) is 51.5 Å². The molecule has 0 aromatic carbocycles. The van der Waals surface area contributed by atoms with E-state index < -0.39 is 143 Å². The third kappa shape index (κ3) is 11.4. The summed E-state index contributed by atoms with van der Waals surface area (Å²) in [6, 6.07) is 0. The van der Waals surface area contributed by atoms with Crippen LogP contribution in [0.4, 0.5) is 17.7 Å². The maximum Gasteiger partial charge on any atom is 0.313 e. The topological polar surface area (TPSA) is 549 Å². The molecule has 422 valence electrons. The van der Waals surface area contributed by atoms with Gasteiger partial charge in [-0.25, -0.2) is 33.1 Å². The molecule has 0 saturated carbocycles. The van der Waals surface area contributed by atoms with Crippen molar-refractivity contribution >= 4 is 82.5 Å². The first kappa shape index (κ1) is 52.5. The van der Waals surface area contributed by atoms with Gasteiger partial charge in [-0.05, 0) is 0 Å². The van der Waals surface area contributed by atoms with Crippen LogP contribution in [-0.4, -0.2) is 165 Å². The summed E-state index contributed by atoms with van der Waals surface area (Å²) in [6.07, 6.45) is -16.3. The molecular formula is C34H44N15O24P4-3. The number of methoxy groups -OCH3 is 2. The number of aromatic nitrogens is 12. The molecule has 3 aliphatic rings. The summed E-state index contributed by atoms with van der Waals surface area (Å²) >= 11 is 0. The van der Waals surface area contributed by atoms with E-state index in [-0.39, 0.29) is 51.2 Å². The summed E-state index contributed by atoms with van der Waals surface area (Å²) in [5.41, 5.74) is 8.99. The number of nitrogens with one attached hydrogen (secondary N) is 3. The zero-order chi connectivity index (χ0) is 58.2. The number of rotatable bonds is 21. The molecule has 0 radical (unpaired) electrons. The number of aliphatic hydroxyl groups is 3. The van der Waals surface area contributed by atoms with E-state index >= 15 is 0 Å². The van der Waals surface area contributed by atoms with Crippen LogP contribution in [0.25, 0.3) is 33.5 Å². The smallest absolute Gasteiger partial charge is 0.313 e. The molecule has 3 aliphatic heterocycles. The van der Waals surface area contributed by atoms with Crippen molar-refractivity contribution in [2.24, 2.45) is 7.05 Å². The Morgan fingerprint density at radius 3 is 1.97 bits per heavy atom. The summed E-state index contributed by atoms with van der Waals surface area (Å²) in [4.78, 5) is 106. The standard InChI is InChI=1S/C34H47N15O24P4/c1-37-24-15-25(39-8-38-24)47(9-40-15)32-23(64-4)22(71-74(55,56)65-5-12-18(50)19(51)30(68-12)48-10-41-16-26(48)42-33(35)44-28(16)53)14(70-32)7-67-76(59,60)73-77(61,62)72-75(57,58)66-6-13-21(63-3)20(52)31(69-13)49-11-46(2)17-27(49)43-34(36)45-29(17)54/h8-14,18-23,30-32,50-52H,5-7H2,1-4H3,(H10-,35,36,37,38,39,42,43,44,45,53,54,55,56,57,58,59,60,61,62)/p-3/t12-,13-,14-,18?,19+,20?,21+,22?,23+,30-,31-,32-/m1/s1/i1D3. The van der Waals surface area contributed by atoms with Crippen molar-refractivity contribution in [1.29, 1.82) is 0 Å². The van der Waals surface area contributed by atoms with Gasteiger partial charge in [-0.15, -0.1) is 0 Å². The number of aryl methyl sites for hydroxylation is 1. The van der Waals surface area contributed by atoms with Crippen molar-refractivity contribution in [3.63, 3.8) is 0 Å². The van der Waals surface area contributed by atoms with Crippen LogP contribution >= 0.6 is 31.3 Å². The third-order valence-corrected chi connectivity index (χ3v) is 17.0. The Morgan fingerprint density at radius 1 is 0.727 bits per heavy atom. The monoisotopic (exact) mass is 1170 g/mol. The van der Waals surface area contributed by atoms with Crippen LogP contribution in [0.3, 0.4) is 0 Å². The lowest BCUT2D eigenvalue weighted by atomic mass is 10.1. The fraction of sp³-hybridized carbons (Fsp3) is 0.559. The zero-order valence-corrected chi connectivity index (χ0v) is 42.8. The number of fused-ring (bicyclic) bond motifs is 3. The first-order chi connectivity index (χ1) is 37.4. The number of ether oxygens (including phenoxy) is 5. The number of aromatic amines is 2. The number of hydrogen-bond acceptors (Lipinski definition) is 33. The Kier molecular flexibility index (Phi) is 14.7. The summed E-state index contributed by atoms with van der Waals surface area (Å²) < 4.78 is 136. The molecule has 0 bridgehead atoms. The Hall–Kier alpha value is -5.15. The Labute approximate surface area is 432 Å². The SMILES string of the molecule is [2H]C([2H])([2H])Nc1ncnc2c1ncn2[C@@H]1O[C@H](COP(=O)([O-])OP(=O)([O-])OP(=O)([O-])OC[C@H]2O[C@@H]([n+]3cn(C)c4c(=O)[nH]c(N)nc43)C(O)[C@H]2OC)C(OP(=O)([O-])OC[C@H]2O[C@@H](n3cnc4c(=O)[nH]c(N)nc43)[C@@H](O)C2O)[C@@H]1OC. The number of phosphoric ester groups is 3. The van der Waals surface area contributed by atoms with Crippen molar-refractivity contribution in [3.8, 4) is 0 Å². The van der Waals surface area contributed by atoms with Crippen LogP contribution in [-0.2, 0) is 75.7 Å². The highest BCUT2D eigenvalue weighted by molar-refractivity contribution is 7.65. The van der Waals surface area contributed by atoms with E-state index in [2.05, 4.69) is 58.3 Å². The van der Waals surface area contributed by atoms with Gasteiger partial charge in [-0.2, -0.15) is 4.98 Å². The van der Waals surface area contributed by atoms with E-state index in [0.717, 1.165) is 42.3 Å². The average molecular weight is 1170 g/mol. The van der Waals surface area contributed by atoms with E-state index in [1.807, 2.05) is 0 Å². The molecule has 9 heterocycles. The predicted octanol–water partition coefficient (Wildman–Crippen LogP) is -6.13. The molecular weight excluding hydrogens is 1130 g/mol. The molecule has 9 rings (SSSR count). The number of phosphoric acid groups is 4. The number of nitrogens with zero attached hydrogens (tertiary/aromatic N) is 10. The van der Waals surface area contributed by atoms with E-state index in [9.17, 15) is 62.7 Å². The van der Waals surface area contributed by atoms with Gasteiger partial charge in [0, 0.05) is 25.3 Å². The predicted molar refractivity (Wildman–Crippen MR) is 240 cm³/mol. The Morgan fingerprint density at radius 2 is 1.31 bits per heavy atom. The number of anilines is 3. The molecule has 6 aromatic rings. The van der Waals surface area contributed by atoms with Gasteiger partial charge < -0.3 is 93.5 Å². The van der Waals surface area contributed by atoms with E-state index in [1.54, 1.807) is 0 Å². The van der Waals surface area contributed by atoms with E-state index in [1.165, 1.54) is 22.5 Å². The van der Waals surface area contributed by atoms with Crippen LogP contribution in [0.15, 0.2) is 34.9 Å². The van der Waals surface area contributed by atoms with Gasteiger partial charge in [0.15, 0.2) is 41.4 Å². The Balaban J connectivity index is 0.888. The van der Waals surface area contributed by atoms with Gasteiger partial charge in [0.25, 0.3) is 48.4 Å². The molecule has 77 heavy (non-hydrogen) atoms.